The fourth-order valence-electron chi connectivity index (χ4n) is 2.24. The van der Waals surface area contributed by atoms with Gasteiger partial charge in [-0.2, -0.15) is 0 Å². The molecule has 3 heteroatoms. The molecule has 0 saturated heterocycles. The highest BCUT2D eigenvalue weighted by Gasteiger charge is 2.23. The Balaban J connectivity index is 2.10. The number of halogens is 1. The van der Waals surface area contributed by atoms with Crippen LogP contribution in [0.3, 0.4) is 0 Å². The van der Waals surface area contributed by atoms with E-state index in [0.717, 1.165) is 31.4 Å². The highest BCUT2D eigenvalue weighted by molar-refractivity contribution is 5.51. The SMILES string of the molecule is Cc1c(F)cccc1N[C@H]1CCCC[C@@H]1O. The summed E-state index contributed by atoms with van der Waals surface area (Å²) >= 11 is 0. The first kappa shape index (κ1) is 11.4. The molecule has 1 fully saturated rings. The van der Waals surface area contributed by atoms with Crippen LogP contribution in [0, 0.1) is 12.7 Å². The minimum atomic E-state index is -0.309. The standard InChI is InChI=1S/C13H18FNO/c1-9-10(14)5-4-7-11(9)15-12-6-2-3-8-13(12)16/h4-5,7,12-13,15-16H,2-3,6,8H2,1H3/t12-,13-/m0/s1. The number of aliphatic hydroxyl groups excluding tert-OH is 1. The summed E-state index contributed by atoms with van der Waals surface area (Å²) in [7, 11) is 0. The van der Waals surface area contributed by atoms with Crippen LogP contribution in [0.25, 0.3) is 0 Å². The van der Waals surface area contributed by atoms with Crippen molar-refractivity contribution in [2.24, 2.45) is 0 Å². The number of aliphatic hydroxyl groups is 1. The van der Waals surface area contributed by atoms with Gasteiger partial charge in [0, 0.05) is 11.3 Å². The molecule has 0 aliphatic heterocycles. The first-order valence-corrected chi connectivity index (χ1v) is 5.88. The van der Waals surface area contributed by atoms with Crippen LogP contribution < -0.4 is 5.32 Å². The van der Waals surface area contributed by atoms with E-state index < -0.39 is 0 Å². The van der Waals surface area contributed by atoms with Gasteiger partial charge in [0.05, 0.1) is 12.1 Å². The lowest BCUT2D eigenvalue weighted by Crippen LogP contribution is -2.36. The zero-order valence-electron chi connectivity index (χ0n) is 9.54. The monoisotopic (exact) mass is 223 g/mol. The van der Waals surface area contributed by atoms with Crippen molar-refractivity contribution in [3.8, 4) is 0 Å². The summed E-state index contributed by atoms with van der Waals surface area (Å²) in [6.45, 7) is 1.76. The molecule has 1 aromatic carbocycles. The molecule has 16 heavy (non-hydrogen) atoms. The second kappa shape index (κ2) is 4.83. The lowest BCUT2D eigenvalue weighted by Gasteiger charge is -2.29. The number of hydrogen-bond acceptors (Lipinski definition) is 2. The molecule has 1 aliphatic rings. The maximum Gasteiger partial charge on any atom is 0.128 e. The van der Waals surface area contributed by atoms with Gasteiger partial charge in [-0.3, -0.25) is 0 Å². The first-order valence-electron chi connectivity index (χ1n) is 5.88. The molecule has 0 heterocycles. The van der Waals surface area contributed by atoms with Gasteiger partial charge >= 0.3 is 0 Å². The molecule has 1 aromatic rings. The summed E-state index contributed by atoms with van der Waals surface area (Å²) in [4.78, 5) is 0. The van der Waals surface area contributed by atoms with Crippen molar-refractivity contribution in [2.75, 3.05) is 5.32 Å². The molecule has 2 nitrogen and oxygen atoms in total. The van der Waals surface area contributed by atoms with Crippen molar-refractivity contribution in [1.82, 2.24) is 0 Å². The highest BCUT2D eigenvalue weighted by atomic mass is 19.1. The summed E-state index contributed by atoms with van der Waals surface area (Å²) in [6, 6.07) is 5.08. The van der Waals surface area contributed by atoms with Gasteiger partial charge in [0.25, 0.3) is 0 Å². The van der Waals surface area contributed by atoms with Gasteiger partial charge in [0.15, 0.2) is 0 Å². The lowest BCUT2D eigenvalue weighted by molar-refractivity contribution is 0.116. The fraction of sp³-hybridized carbons (Fsp3) is 0.538. The van der Waals surface area contributed by atoms with Crippen LogP contribution in [0.2, 0.25) is 0 Å². The van der Waals surface area contributed by atoms with E-state index in [1.165, 1.54) is 6.07 Å². The Morgan fingerprint density at radius 1 is 1.31 bits per heavy atom. The quantitative estimate of drug-likeness (QED) is 0.808. The third-order valence-electron chi connectivity index (χ3n) is 3.34. The summed E-state index contributed by atoms with van der Waals surface area (Å²) in [5, 5.41) is 13.1. The predicted molar refractivity (Wildman–Crippen MR) is 63.0 cm³/mol. The maximum absolute atomic E-state index is 13.3. The number of rotatable bonds is 2. The molecule has 0 unspecified atom stereocenters. The Hall–Kier alpha value is -1.09. The molecule has 2 rings (SSSR count). The van der Waals surface area contributed by atoms with Crippen LogP contribution in [0.4, 0.5) is 10.1 Å². The van der Waals surface area contributed by atoms with Gasteiger partial charge in [0.1, 0.15) is 5.82 Å². The molecule has 88 valence electrons. The number of nitrogens with one attached hydrogen (secondary N) is 1. The Kier molecular flexibility index (Phi) is 3.44. The second-order valence-electron chi connectivity index (χ2n) is 4.52. The van der Waals surface area contributed by atoms with E-state index in [-0.39, 0.29) is 18.0 Å². The van der Waals surface area contributed by atoms with Gasteiger partial charge in [-0.25, -0.2) is 4.39 Å². The molecule has 0 aromatic heterocycles. The Labute approximate surface area is 95.5 Å². The summed E-state index contributed by atoms with van der Waals surface area (Å²) < 4.78 is 13.3. The zero-order valence-corrected chi connectivity index (χ0v) is 9.54. The second-order valence-corrected chi connectivity index (χ2v) is 4.52. The van der Waals surface area contributed by atoms with Crippen LogP contribution >= 0.6 is 0 Å². The molecular formula is C13H18FNO. The number of benzene rings is 1. The minimum Gasteiger partial charge on any atom is -0.391 e. The van der Waals surface area contributed by atoms with Gasteiger partial charge in [0.2, 0.25) is 0 Å². The van der Waals surface area contributed by atoms with E-state index in [9.17, 15) is 9.50 Å². The van der Waals surface area contributed by atoms with Crippen LogP contribution in [0.5, 0.6) is 0 Å². The van der Waals surface area contributed by atoms with E-state index in [2.05, 4.69) is 5.32 Å². The van der Waals surface area contributed by atoms with Crippen molar-refractivity contribution < 1.29 is 9.50 Å². The molecule has 1 aliphatic carbocycles. The Bertz CT molecular complexity index is 367. The average Bonchev–Trinajstić information content (AvgIpc) is 2.28. The Morgan fingerprint density at radius 3 is 2.81 bits per heavy atom. The highest BCUT2D eigenvalue weighted by Crippen LogP contribution is 2.24. The number of hydrogen-bond donors (Lipinski definition) is 2. The van der Waals surface area contributed by atoms with Crippen LogP contribution in [0.1, 0.15) is 31.2 Å². The van der Waals surface area contributed by atoms with Crippen LogP contribution in [-0.2, 0) is 0 Å². The predicted octanol–water partition coefficient (Wildman–Crippen LogP) is 2.85. The van der Waals surface area contributed by atoms with Gasteiger partial charge in [-0.1, -0.05) is 18.9 Å². The van der Waals surface area contributed by atoms with Crippen LogP contribution in [0.15, 0.2) is 18.2 Å². The lowest BCUT2D eigenvalue weighted by atomic mass is 9.92. The van der Waals surface area contributed by atoms with E-state index in [4.69, 9.17) is 0 Å². The van der Waals surface area contributed by atoms with E-state index in [0.29, 0.717) is 5.56 Å². The molecule has 0 radical (unpaired) electrons. The average molecular weight is 223 g/mol. The van der Waals surface area contributed by atoms with E-state index in [1.54, 1.807) is 13.0 Å². The maximum atomic E-state index is 13.3. The van der Waals surface area contributed by atoms with Gasteiger partial charge in [-0.05, 0) is 31.9 Å². The summed E-state index contributed by atoms with van der Waals surface area (Å²) in [6.07, 6.45) is 3.70. The molecule has 1 saturated carbocycles. The molecule has 0 bridgehead atoms. The first-order chi connectivity index (χ1) is 7.68. The molecular weight excluding hydrogens is 205 g/mol. The van der Waals surface area contributed by atoms with Gasteiger partial charge < -0.3 is 10.4 Å². The molecule has 2 N–H and O–H groups in total. The smallest absolute Gasteiger partial charge is 0.128 e. The topological polar surface area (TPSA) is 32.3 Å². The zero-order chi connectivity index (χ0) is 11.5. The van der Waals surface area contributed by atoms with Gasteiger partial charge in [-0.15, -0.1) is 0 Å². The minimum absolute atomic E-state index is 0.0641. The molecule has 0 spiro atoms. The van der Waals surface area contributed by atoms with Crippen LogP contribution in [-0.4, -0.2) is 17.3 Å². The van der Waals surface area contributed by atoms with Crippen molar-refractivity contribution in [2.45, 2.75) is 44.8 Å². The fourth-order valence-corrected chi connectivity index (χ4v) is 2.24. The largest absolute Gasteiger partial charge is 0.391 e. The third kappa shape index (κ3) is 2.35. The van der Waals surface area contributed by atoms with Crippen molar-refractivity contribution in [3.05, 3.63) is 29.6 Å². The van der Waals surface area contributed by atoms with E-state index >= 15 is 0 Å². The molecule has 2 atom stereocenters. The Morgan fingerprint density at radius 2 is 2.06 bits per heavy atom. The summed E-state index contributed by atoms with van der Waals surface area (Å²) in [5.74, 6) is -0.199. The third-order valence-corrected chi connectivity index (χ3v) is 3.34. The van der Waals surface area contributed by atoms with Crippen molar-refractivity contribution in [3.63, 3.8) is 0 Å². The van der Waals surface area contributed by atoms with Crippen molar-refractivity contribution in [1.29, 1.82) is 0 Å². The summed E-state index contributed by atoms with van der Waals surface area (Å²) in [5.41, 5.74) is 1.42. The van der Waals surface area contributed by atoms with Crippen molar-refractivity contribution >= 4 is 5.69 Å². The van der Waals surface area contributed by atoms with E-state index in [1.807, 2.05) is 6.07 Å². The number of anilines is 1. The normalized spacial score (nSPS) is 25.4. The molecule has 0 amide bonds.